The van der Waals surface area contributed by atoms with E-state index in [0.717, 1.165) is 44.7 Å². The van der Waals surface area contributed by atoms with E-state index in [1.54, 1.807) is 7.05 Å². The molecule has 0 aliphatic heterocycles. The topological polar surface area (TPSA) is 62.7 Å². The average Bonchev–Trinajstić information content (AvgIpc) is 2.55. The largest absolute Gasteiger partial charge is 0.469 e. The fourth-order valence-electron chi connectivity index (χ4n) is 2.64. The summed E-state index contributed by atoms with van der Waals surface area (Å²) in [5.41, 5.74) is 3.96. The molecule has 2 N–H and O–H groups in total. The lowest BCUT2D eigenvalue weighted by Gasteiger charge is -2.12. The minimum absolute atomic E-state index is 0. The molecule has 0 atom stereocenters. The molecule has 25 heavy (non-hydrogen) atoms. The number of hydrogen-bond donors (Lipinski definition) is 2. The first kappa shape index (κ1) is 23.7. The monoisotopic (exact) mass is 461 g/mol. The molecule has 1 aromatic rings. The molecule has 0 fully saturated rings. The summed E-state index contributed by atoms with van der Waals surface area (Å²) in [6.07, 6.45) is 4.35. The lowest BCUT2D eigenvalue weighted by atomic mass is 10.1. The average molecular weight is 461 g/mol. The number of aliphatic imine (C=N–C) groups is 1. The molecular formula is C19H32IN3O2. The number of carbonyl (C=O) groups excluding carboxylic acids is 1. The zero-order valence-corrected chi connectivity index (χ0v) is 18.2. The van der Waals surface area contributed by atoms with Gasteiger partial charge in [0.05, 0.1) is 7.11 Å². The van der Waals surface area contributed by atoms with Gasteiger partial charge in [0, 0.05) is 26.6 Å². The van der Waals surface area contributed by atoms with Crippen LogP contribution in [0.5, 0.6) is 0 Å². The van der Waals surface area contributed by atoms with E-state index in [2.05, 4.69) is 52.4 Å². The Labute approximate surface area is 169 Å². The second-order valence-corrected chi connectivity index (χ2v) is 6.06. The van der Waals surface area contributed by atoms with E-state index in [-0.39, 0.29) is 29.9 Å². The summed E-state index contributed by atoms with van der Waals surface area (Å²) < 4.78 is 4.62. The number of benzene rings is 1. The molecule has 0 spiro atoms. The summed E-state index contributed by atoms with van der Waals surface area (Å²) in [7, 11) is 3.21. The highest BCUT2D eigenvalue weighted by atomic mass is 127. The Balaban J connectivity index is 0.00000576. The van der Waals surface area contributed by atoms with Gasteiger partial charge in [0.1, 0.15) is 0 Å². The molecule has 0 saturated carbocycles. The molecule has 0 unspecified atom stereocenters. The van der Waals surface area contributed by atoms with Crippen LogP contribution < -0.4 is 10.6 Å². The van der Waals surface area contributed by atoms with Crippen molar-refractivity contribution in [2.45, 2.75) is 46.0 Å². The second-order valence-electron chi connectivity index (χ2n) is 6.06. The predicted molar refractivity (Wildman–Crippen MR) is 115 cm³/mol. The Morgan fingerprint density at radius 2 is 1.68 bits per heavy atom. The molecule has 0 saturated heterocycles. The van der Waals surface area contributed by atoms with Crippen LogP contribution in [0.4, 0.5) is 0 Å². The van der Waals surface area contributed by atoms with Gasteiger partial charge >= 0.3 is 5.97 Å². The zero-order chi connectivity index (χ0) is 17.8. The van der Waals surface area contributed by atoms with Crippen LogP contribution in [-0.4, -0.2) is 39.2 Å². The summed E-state index contributed by atoms with van der Waals surface area (Å²) >= 11 is 0. The van der Waals surface area contributed by atoms with Crippen LogP contribution in [0.15, 0.2) is 23.2 Å². The van der Waals surface area contributed by atoms with Crippen molar-refractivity contribution in [3.05, 3.63) is 34.9 Å². The maximum absolute atomic E-state index is 11.0. The third-order valence-electron chi connectivity index (χ3n) is 3.79. The standard InChI is InChI=1S/C19H31N3O2.HI/c1-15-12-16(2)14-17(13-15)9-11-22-19(20-3)21-10-7-5-6-8-18(23)24-4;/h12-14H,5-11H2,1-4H3,(H2,20,21,22);1H. The molecule has 1 aromatic carbocycles. The minimum Gasteiger partial charge on any atom is -0.469 e. The van der Waals surface area contributed by atoms with Crippen molar-refractivity contribution >= 4 is 35.9 Å². The van der Waals surface area contributed by atoms with Gasteiger partial charge in [-0.05, 0) is 38.7 Å². The number of methoxy groups -OCH3 is 1. The molecule has 142 valence electrons. The van der Waals surface area contributed by atoms with Crippen molar-refractivity contribution in [1.82, 2.24) is 10.6 Å². The second kappa shape index (κ2) is 13.9. The quantitative estimate of drug-likeness (QED) is 0.195. The number of halogens is 1. The van der Waals surface area contributed by atoms with Crippen molar-refractivity contribution in [2.75, 3.05) is 27.2 Å². The highest BCUT2D eigenvalue weighted by Crippen LogP contribution is 2.08. The molecule has 0 radical (unpaired) electrons. The van der Waals surface area contributed by atoms with E-state index >= 15 is 0 Å². The van der Waals surface area contributed by atoms with Gasteiger partial charge < -0.3 is 15.4 Å². The van der Waals surface area contributed by atoms with Crippen LogP contribution in [0.1, 0.15) is 42.4 Å². The molecule has 0 aromatic heterocycles. The van der Waals surface area contributed by atoms with Gasteiger partial charge in [0.15, 0.2) is 5.96 Å². The number of nitrogens with one attached hydrogen (secondary N) is 2. The Hall–Kier alpha value is -1.31. The van der Waals surface area contributed by atoms with Gasteiger partial charge in [-0.2, -0.15) is 0 Å². The fraction of sp³-hybridized carbons (Fsp3) is 0.579. The maximum Gasteiger partial charge on any atom is 0.305 e. The van der Waals surface area contributed by atoms with Crippen molar-refractivity contribution in [3.63, 3.8) is 0 Å². The number of guanidine groups is 1. The number of aryl methyl sites for hydroxylation is 2. The molecule has 0 heterocycles. The van der Waals surface area contributed by atoms with Gasteiger partial charge in [0.25, 0.3) is 0 Å². The van der Waals surface area contributed by atoms with E-state index in [0.29, 0.717) is 6.42 Å². The minimum atomic E-state index is -0.133. The van der Waals surface area contributed by atoms with Crippen LogP contribution in [0.3, 0.4) is 0 Å². The zero-order valence-electron chi connectivity index (χ0n) is 15.9. The lowest BCUT2D eigenvalue weighted by molar-refractivity contribution is -0.140. The van der Waals surface area contributed by atoms with Gasteiger partial charge in [-0.1, -0.05) is 35.7 Å². The Morgan fingerprint density at radius 3 is 2.28 bits per heavy atom. The van der Waals surface area contributed by atoms with Gasteiger partial charge in [-0.3, -0.25) is 9.79 Å². The number of rotatable bonds is 9. The summed E-state index contributed by atoms with van der Waals surface area (Å²) in [5.74, 6) is 0.694. The van der Waals surface area contributed by atoms with Crippen molar-refractivity contribution in [3.8, 4) is 0 Å². The van der Waals surface area contributed by atoms with E-state index in [1.165, 1.54) is 23.8 Å². The number of unbranched alkanes of at least 4 members (excludes halogenated alkanes) is 2. The molecule has 0 aliphatic rings. The van der Waals surface area contributed by atoms with Crippen molar-refractivity contribution in [1.29, 1.82) is 0 Å². The van der Waals surface area contributed by atoms with Gasteiger partial charge in [-0.25, -0.2) is 0 Å². The van der Waals surface area contributed by atoms with Gasteiger partial charge in [0.2, 0.25) is 0 Å². The number of hydrogen-bond acceptors (Lipinski definition) is 3. The highest BCUT2D eigenvalue weighted by Gasteiger charge is 2.01. The number of esters is 1. The first-order valence-corrected chi connectivity index (χ1v) is 8.63. The SMILES string of the molecule is CN=C(NCCCCCC(=O)OC)NCCc1cc(C)cc(C)c1.I. The van der Waals surface area contributed by atoms with Crippen LogP contribution in [-0.2, 0) is 16.0 Å². The fourth-order valence-corrected chi connectivity index (χ4v) is 2.64. The van der Waals surface area contributed by atoms with E-state index in [4.69, 9.17) is 0 Å². The summed E-state index contributed by atoms with van der Waals surface area (Å²) in [6, 6.07) is 6.65. The summed E-state index contributed by atoms with van der Waals surface area (Å²) in [5, 5.41) is 6.64. The third-order valence-corrected chi connectivity index (χ3v) is 3.79. The first-order valence-electron chi connectivity index (χ1n) is 8.63. The summed E-state index contributed by atoms with van der Waals surface area (Å²) in [4.78, 5) is 15.2. The number of ether oxygens (including phenoxy) is 1. The normalized spacial score (nSPS) is 10.8. The Bertz CT molecular complexity index is 527. The highest BCUT2D eigenvalue weighted by molar-refractivity contribution is 14.0. The molecule has 0 amide bonds. The molecule has 0 aliphatic carbocycles. The molecular weight excluding hydrogens is 429 g/mol. The van der Waals surface area contributed by atoms with E-state index < -0.39 is 0 Å². The van der Waals surface area contributed by atoms with E-state index in [1.807, 2.05) is 0 Å². The molecule has 1 rings (SSSR count). The third kappa shape index (κ3) is 11.0. The van der Waals surface area contributed by atoms with E-state index in [9.17, 15) is 4.79 Å². The van der Waals surface area contributed by atoms with Crippen molar-refractivity contribution in [2.24, 2.45) is 4.99 Å². The van der Waals surface area contributed by atoms with Crippen LogP contribution in [0.2, 0.25) is 0 Å². The van der Waals surface area contributed by atoms with Gasteiger partial charge in [-0.15, -0.1) is 24.0 Å². The van der Waals surface area contributed by atoms with Crippen LogP contribution in [0, 0.1) is 13.8 Å². The number of carbonyl (C=O) groups is 1. The summed E-state index contributed by atoms with van der Waals surface area (Å²) in [6.45, 7) is 5.96. The Kier molecular flexibility index (Phi) is 13.2. The lowest BCUT2D eigenvalue weighted by Crippen LogP contribution is -2.38. The van der Waals surface area contributed by atoms with Crippen LogP contribution in [0.25, 0.3) is 0 Å². The first-order chi connectivity index (χ1) is 11.5. The molecule has 5 nitrogen and oxygen atoms in total. The molecule has 6 heteroatoms. The smallest absolute Gasteiger partial charge is 0.305 e. The van der Waals surface area contributed by atoms with Crippen LogP contribution >= 0.6 is 24.0 Å². The van der Waals surface area contributed by atoms with Crippen molar-refractivity contribution < 1.29 is 9.53 Å². The Morgan fingerprint density at radius 1 is 1.04 bits per heavy atom. The predicted octanol–water partition coefficient (Wildman–Crippen LogP) is 3.36. The maximum atomic E-state index is 11.0. The number of nitrogens with zero attached hydrogens (tertiary/aromatic N) is 1. The molecule has 0 bridgehead atoms.